The summed E-state index contributed by atoms with van der Waals surface area (Å²) in [6.07, 6.45) is 2.92. The number of benzene rings is 2. The highest BCUT2D eigenvalue weighted by Crippen LogP contribution is 2.17. The smallest absolute Gasteiger partial charge is 0.387 e. The number of amides is 1. The largest absolute Gasteiger partial charge is 0.497 e. The summed E-state index contributed by atoms with van der Waals surface area (Å²) in [5.41, 5.74) is 1.30. The Morgan fingerprint density at radius 2 is 1.87 bits per heavy atom. The van der Waals surface area contributed by atoms with Crippen LogP contribution in [0.25, 0.3) is 6.08 Å². The summed E-state index contributed by atoms with van der Waals surface area (Å²) >= 11 is 0. The molecule has 1 N–H and O–H groups in total. The zero-order valence-corrected chi connectivity index (χ0v) is 12.3. The van der Waals surface area contributed by atoms with Crippen LogP contribution in [-0.2, 0) is 4.79 Å². The van der Waals surface area contributed by atoms with Gasteiger partial charge in [-0.05, 0) is 35.9 Å². The van der Waals surface area contributed by atoms with E-state index >= 15 is 0 Å². The van der Waals surface area contributed by atoms with E-state index < -0.39 is 6.61 Å². The number of rotatable bonds is 6. The molecule has 1 amide bonds. The second-order valence-electron chi connectivity index (χ2n) is 4.50. The molecular weight excluding hydrogens is 304 g/mol. The Balaban J connectivity index is 1.95. The number of ether oxygens (including phenoxy) is 2. The fourth-order valence-electron chi connectivity index (χ4n) is 1.82. The van der Waals surface area contributed by atoms with Crippen molar-refractivity contribution in [2.45, 2.75) is 6.61 Å². The lowest BCUT2D eigenvalue weighted by Gasteiger charge is -2.05. The summed E-state index contributed by atoms with van der Waals surface area (Å²) in [6, 6.07) is 12.9. The molecule has 120 valence electrons. The molecule has 0 fully saturated rings. The average molecular weight is 319 g/mol. The van der Waals surface area contributed by atoms with Gasteiger partial charge in [-0.1, -0.05) is 18.2 Å². The Morgan fingerprint density at radius 3 is 2.52 bits per heavy atom. The van der Waals surface area contributed by atoms with Gasteiger partial charge in [0.25, 0.3) is 0 Å². The third kappa shape index (κ3) is 5.43. The van der Waals surface area contributed by atoms with Crippen molar-refractivity contribution in [3.8, 4) is 11.5 Å². The molecule has 2 rings (SSSR count). The van der Waals surface area contributed by atoms with Crippen molar-refractivity contribution in [3.05, 3.63) is 60.2 Å². The van der Waals surface area contributed by atoms with E-state index in [1.807, 2.05) is 0 Å². The Morgan fingerprint density at radius 1 is 1.13 bits per heavy atom. The fourth-order valence-corrected chi connectivity index (χ4v) is 1.82. The second kappa shape index (κ2) is 7.93. The van der Waals surface area contributed by atoms with Crippen LogP contribution in [0, 0.1) is 0 Å². The van der Waals surface area contributed by atoms with Crippen LogP contribution < -0.4 is 14.8 Å². The number of methoxy groups -OCH3 is 1. The molecule has 0 saturated heterocycles. The Kier molecular flexibility index (Phi) is 5.68. The third-order valence-corrected chi connectivity index (χ3v) is 2.87. The highest BCUT2D eigenvalue weighted by molar-refractivity contribution is 6.02. The first-order chi connectivity index (χ1) is 11.1. The van der Waals surface area contributed by atoms with Crippen LogP contribution >= 0.6 is 0 Å². The molecule has 0 heterocycles. The molecule has 0 aliphatic heterocycles. The van der Waals surface area contributed by atoms with Crippen LogP contribution in [0.4, 0.5) is 14.5 Å². The van der Waals surface area contributed by atoms with Gasteiger partial charge >= 0.3 is 6.61 Å². The maximum absolute atomic E-state index is 12.0. The Hall–Kier alpha value is -2.89. The van der Waals surface area contributed by atoms with E-state index in [1.54, 1.807) is 49.6 Å². The number of alkyl halides is 2. The number of carbonyl (C=O) groups excluding carboxylic acids is 1. The van der Waals surface area contributed by atoms with Gasteiger partial charge in [0.2, 0.25) is 5.91 Å². The Labute approximate surface area is 132 Å². The van der Waals surface area contributed by atoms with Gasteiger partial charge in [0.15, 0.2) is 0 Å². The number of hydrogen-bond acceptors (Lipinski definition) is 3. The van der Waals surface area contributed by atoms with Gasteiger partial charge in [0.05, 0.1) is 7.11 Å². The topological polar surface area (TPSA) is 47.6 Å². The van der Waals surface area contributed by atoms with Gasteiger partial charge in [-0.3, -0.25) is 4.79 Å². The quantitative estimate of drug-likeness (QED) is 0.820. The van der Waals surface area contributed by atoms with Gasteiger partial charge in [-0.15, -0.1) is 0 Å². The summed E-state index contributed by atoms with van der Waals surface area (Å²) in [7, 11) is 1.54. The molecule has 23 heavy (non-hydrogen) atoms. The second-order valence-corrected chi connectivity index (χ2v) is 4.50. The number of hydrogen-bond donors (Lipinski definition) is 1. The molecular formula is C17H15F2NO3. The summed E-state index contributed by atoms with van der Waals surface area (Å²) in [6.45, 7) is -2.86. The monoisotopic (exact) mass is 319 g/mol. The highest BCUT2D eigenvalue weighted by atomic mass is 19.3. The van der Waals surface area contributed by atoms with Gasteiger partial charge in [0, 0.05) is 17.8 Å². The van der Waals surface area contributed by atoms with E-state index in [-0.39, 0.29) is 11.7 Å². The molecule has 0 radical (unpaired) electrons. The van der Waals surface area contributed by atoms with E-state index in [0.29, 0.717) is 17.0 Å². The van der Waals surface area contributed by atoms with Crippen molar-refractivity contribution in [1.29, 1.82) is 0 Å². The van der Waals surface area contributed by atoms with Crippen LogP contribution in [0.1, 0.15) is 5.56 Å². The molecule has 6 heteroatoms. The minimum absolute atomic E-state index is 0.0676. The van der Waals surface area contributed by atoms with Crippen molar-refractivity contribution in [2.24, 2.45) is 0 Å². The molecule has 0 bridgehead atoms. The molecule has 0 aliphatic carbocycles. The molecule has 0 aliphatic rings. The van der Waals surface area contributed by atoms with Gasteiger partial charge in [0.1, 0.15) is 11.5 Å². The molecule has 4 nitrogen and oxygen atoms in total. The van der Waals surface area contributed by atoms with Gasteiger partial charge in [-0.2, -0.15) is 8.78 Å². The summed E-state index contributed by atoms with van der Waals surface area (Å²) in [4.78, 5) is 11.8. The average Bonchev–Trinajstić information content (AvgIpc) is 2.54. The number of anilines is 1. The number of nitrogens with one attached hydrogen (secondary N) is 1. The van der Waals surface area contributed by atoms with Crippen LogP contribution in [0.2, 0.25) is 0 Å². The Bertz CT molecular complexity index is 684. The van der Waals surface area contributed by atoms with Crippen LogP contribution in [0.5, 0.6) is 11.5 Å². The van der Waals surface area contributed by atoms with E-state index in [4.69, 9.17) is 4.74 Å². The fraction of sp³-hybridized carbons (Fsp3) is 0.118. The standard InChI is InChI=1S/C17H15F2NO3/c1-22-15-4-2-3-13(11-15)20-16(21)10-7-12-5-8-14(9-6-12)23-17(18)19/h2-11,17H,1H3,(H,20,21)/b10-7+. The zero-order valence-electron chi connectivity index (χ0n) is 12.3. The van der Waals surface area contributed by atoms with Crippen molar-refractivity contribution in [2.75, 3.05) is 12.4 Å². The molecule has 0 atom stereocenters. The predicted molar refractivity (Wildman–Crippen MR) is 83.7 cm³/mol. The summed E-state index contributed by atoms with van der Waals surface area (Å²) in [5, 5.41) is 2.69. The first-order valence-electron chi connectivity index (χ1n) is 6.75. The van der Waals surface area contributed by atoms with E-state index in [1.165, 1.54) is 18.2 Å². The normalized spacial score (nSPS) is 10.8. The van der Waals surface area contributed by atoms with Gasteiger partial charge in [-0.25, -0.2) is 0 Å². The summed E-state index contributed by atoms with van der Waals surface area (Å²) in [5.74, 6) is 0.394. The highest BCUT2D eigenvalue weighted by Gasteiger charge is 2.03. The SMILES string of the molecule is COc1cccc(NC(=O)/C=C/c2ccc(OC(F)F)cc2)c1. The maximum Gasteiger partial charge on any atom is 0.387 e. The third-order valence-electron chi connectivity index (χ3n) is 2.87. The number of carbonyl (C=O) groups is 1. The minimum Gasteiger partial charge on any atom is -0.497 e. The lowest BCUT2D eigenvalue weighted by atomic mass is 10.2. The van der Waals surface area contributed by atoms with Gasteiger partial charge < -0.3 is 14.8 Å². The number of halogens is 2. The first kappa shape index (κ1) is 16.5. The molecule has 2 aromatic carbocycles. The van der Waals surface area contributed by atoms with Crippen molar-refractivity contribution in [3.63, 3.8) is 0 Å². The summed E-state index contributed by atoms with van der Waals surface area (Å²) < 4.78 is 33.4. The van der Waals surface area contributed by atoms with Crippen molar-refractivity contribution < 1.29 is 23.0 Å². The molecule has 0 saturated carbocycles. The zero-order chi connectivity index (χ0) is 16.7. The lowest BCUT2D eigenvalue weighted by Crippen LogP contribution is -2.07. The van der Waals surface area contributed by atoms with E-state index in [9.17, 15) is 13.6 Å². The molecule has 0 unspecified atom stereocenters. The van der Waals surface area contributed by atoms with E-state index in [2.05, 4.69) is 10.1 Å². The van der Waals surface area contributed by atoms with Crippen molar-refractivity contribution >= 4 is 17.7 Å². The minimum atomic E-state index is -2.86. The van der Waals surface area contributed by atoms with E-state index in [0.717, 1.165) is 0 Å². The van der Waals surface area contributed by atoms with Crippen LogP contribution in [0.15, 0.2) is 54.6 Å². The maximum atomic E-state index is 12.0. The van der Waals surface area contributed by atoms with Crippen LogP contribution in [0.3, 0.4) is 0 Å². The molecule has 2 aromatic rings. The molecule has 0 spiro atoms. The first-order valence-corrected chi connectivity index (χ1v) is 6.75. The van der Waals surface area contributed by atoms with Crippen LogP contribution in [-0.4, -0.2) is 19.6 Å². The lowest BCUT2D eigenvalue weighted by molar-refractivity contribution is -0.111. The predicted octanol–water partition coefficient (Wildman–Crippen LogP) is 3.95. The molecule has 0 aromatic heterocycles. The van der Waals surface area contributed by atoms with Crippen molar-refractivity contribution in [1.82, 2.24) is 0 Å².